The molecule has 0 radical (unpaired) electrons. The third kappa shape index (κ3) is 4.75. The minimum absolute atomic E-state index is 0.0382. The summed E-state index contributed by atoms with van der Waals surface area (Å²) in [6, 6.07) is 21.8. The number of hydrogen-bond acceptors (Lipinski definition) is 5. The van der Waals surface area contributed by atoms with E-state index < -0.39 is 28.7 Å². The topological polar surface area (TPSA) is 78.0 Å². The molecular formula is C28H21F3N6OS. The number of nitrogens with zero attached hydrogens (tertiary/aromatic N) is 6. The quantitative estimate of drug-likeness (QED) is 0.297. The Balaban J connectivity index is 1.38. The summed E-state index contributed by atoms with van der Waals surface area (Å²) in [5.74, 6) is -0.459. The van der Waals surface area contributed by atoms with Gasteiger partial charge in [-0.25, -0.2) is 4.68 Å². The molecule has 0 aliphatic carbocycles. The number of anilines is 1. The molecule has 5 rings (SSSR count). The van der Waals surface area contributed by atoms with E-state index >= 15 is 0 Å². The average Bonchev–Trinajstić information content (AvgIpc) is 3.47. The van der Waals surface area contributed by atoms with Gasteiger partial charge in [-0.15, -0.1) is 5.10 Å². The number of alkyl halides is 3. The van der Waals surface area contributed by atoms with E-state index in [1.54, 1.807) is 29.5 Å². The normalized spacial score (nSPS) is 15.1. The first-order valence-corrected chi connectivity index (χ1v) is 12.3. The van der Waals surface area contributed by atoms with Crippen molar-refractivity contribution in [2.24, 2.45) is 0 Å². The minimum atomic E-state index is -4.76. The van der Waals surface area contributed by atoms with Gasteiger partial charge in [-0.3, -0.25) is 9.69 Å². The highest BCUT2D eigenvalue weighted by Crippen LogP contribution is 2.38. The molecule has 0 bridgehead atoms. The predicted octanol–water partition coefficient (Wildman–Crippen LogP) is 5.74. The van der Waals surface area contributed by atoms with Crippen LogP contribution in [0.2, 0.25) is 0 Å². The van der Waals surface area contributed by atoms with Gasteiger partial charge in [0.05, 0.1) is 34.8 Å². The summed E-state index contributed by atoms with van der Waals surface area (Å²) in [5, 5.41) is 17.6. The lowest BCUT2D eigenvalue weighted by atomic mass is 10.0. The van der Waals surface area contributed by atoms with Gasteiger partial charge in [-0.2, -0.15) is 18.4 Å². The van der Waals surface area contributed by atoms with Crippen LogP contribution in [0.3, 0.4) is 0 Å². The Labute approximate surface area is 227 Å². The molecule has 7 nitrogen and oxygen atoms in total. The van der Waals surface area contributed by atoms with Crippen LogP contribution in [0.5, 0.6) is 0 Å². The number of hydrogen-bond donors (Lipinski definition) is 0. The molecule has 1 saturated heterocycles. The van der Waals surface area contributed by atoms with Gasteiger partial charge in [0.1, 0.15) is 11.2 Å². The van der Waals surface area contributed by atoms with E-state index in [4.69, 9.17) is 17.5 Å². The van der Waals surface area contributed by atoms with Crippen LogP contribution in [0, 0.1) is 11.3 Å². The third-order valence-corrected chi connectivity index (χ3v) is 7.02. The molecule has 0 unspecified atom stereocenters. The minimum Gasteiger partial charge on any atom is -0.330 e. The number of aromatic nitrogens is 3. The molecule has 196 valence electrons. The highest BCUT2D eigenvalue weighted by Gasteiger charge is 2.49. The van der Waals surface area contributed by atoms with E-state index in [-0.39, 0.29) is 17.3 Å². The fourth-order valence-electron chi connectivity index (χ4n) is 4.40. The zero-order valence-electron chi connectivity index (χ0n) is 20.8. The molecule has 1 fully saturated rings. The summed E-state index contributed by atoms with van der Waals surface area (Å²) in [4.78, 5) is 16.1. The van der Waals surface area contributed by atoms with Crippen molar-refractivity contribution in [2.45, 2.75) is 32.1 Å². The van der Waals surface area contributed by atoms with E-state index in [1.807, 2.05) is 60.8 Å². The largest absolute Gasteiger partial charge is 0.417 e. The van der Waals surface area contributed by atoms with E-state index in [2.05, 4.69) is 10.3 Å². The van der Waals surface area contributed by atoms with E-state index in [1.165, 1.54) is 6.07 Å². The first-order chi connectivity index (χ1) is 18.5. The SMILES string of the molecule is CC1(C)C(=O)N(c2ccc(C#N)c(C(F)(F)F)c2)C(=S)N1Cc1ccc(-c2cn(-c3ccccc3)nn2)cc1. The Morgan fingerprint density at radius 2 is 1.69 bits per heavy atom. The van der Waals surface area contributed by atoms with Crippen molar-refractivity contribution in [3.63, 3.8) is 0 Å². The van der Waals surface area contributed by atoms with Gasteiger partial charge >= 0.3 is 6.18 Å². The Hall–Kier alpha value is -4.56. The Morgan fingerprint density at radius 3 is 2.33 bits per heavy atom. The Kier molecular flexibility index (Phi) is 6.44. The molecule has 2 heterocycles. The summed E-state index contributed by atoms with van der Waals surface area (Å²) in [6.07, 6.45) is -2.93. The van der Waals surface area contributed by atoms with Crippen LogP contribution in [0.4, 0.5) is 18.9 Å². The molecule has 4 aromatic rings. The maximum atomic E-state index is 13.5. The molecule has 1 aromatic heterocycles. The molecular weight excluding hydrogens is 525 g/mol. The van der Waals surface area contributed by atoms with Crippen LogP contribution >= 0.6 is 12.2 Å². The second kappa shape index (κ2) is 9.63. The maximum Gasteiger partial charge on any atom is 0.417 e. The molecule has 3 aromatic carbocycles. The zero-order valence-corrected chi connectivity index (χ0v) is 21.7. The highest BCUT2D eigenvalue weighted by molar-refractivity contribution is 7.80. The summed E-state index contributed by atoms with van der Waals surface area (Å²) in [5.41, 5.74) is 0.470. The van der Waals surface area contributed by atoms with Gasteiger partial charge in [-0.05, 0) is 62.0 Å². The average molecular weight is 547 g/mol. The molecule has 1 aliphatic rings. The summed E-state index contributed by atoms with van der Waals surface area (Å²) in [7, 11) is 0. The van der Waals surface area contributed by atoms with Gasteiger partial charge in [0.2, 0.25) is 0 Å². The van der Waals surface area contributed by atoms with E-state index in [0.717, 1.165) is 33.8 Å². The summed E-state index contributed by atoms with van der Waals surface area (Å²) in [6.45, 7) is 3.60. The smallest absolute Gasteiger partial charge is 0.330 e. The Bertz CT molecular complexity index is 1610. The first-order valence-electron chi connectivity index (χ1n) is 11.9. The molecule has 11 heteroatoms. The number of para-hydroxylation sites is 1. The predicted molar refractivity (Wildman–Crippen MR) is 143 cm³/mol. The van der Waals surface area contributed by atoms with E-state index in [0.29, 0.717) is 5.69 Å². The van der Waals surface area contributed by atoms with Gasteiger partial charge < -0.3 is 4.90 Å². The molecule has 0 atom stereocenters. The second-order valence-corrected chi connectivity index (χ2v) is 9.85. The van der Waals surface area contributed by atoms with Crippen LogP contribution in [0.15, 0.2) is 79.0 Å². The van der Waals surface area contributed by atoms with Gasteiger partial charge in [0.15, 0.2) is 5.11 Å². The van der Waals surface area contributed by atoms with Crippen LogP contribution in [0.1, 0.15) is 30.5 Å². The van der Waals surface area contributed by atoms with E-state index in [9.17, 15) is 18.0 Å². The number of thiocarbonyl (C=S) groups is 1. The monoisotopic (exact) mass is 546 g/mol. The maximum absolute atomic E-state index is 13.5. The lowest BCUT2D eigenvalue weighted by molar-refractivity contribution is -0.137. The molecule has 1 aliphatic heterocycles. The van der Waals surface area contributed by atoms with Crippen molar-refractivity contribution in [3.05, 3.63) is 95.7 Å². The summed E-state index contributed by atoms with van der Waals surface area (Å²) < 4.78 is 42.3. The number of halogens is 3. The zero-order chi connectivity index (χ0) is 27.9. The Morgan fingerprint density at radius 1 is 1.00 bits per heavy atom. The molecule has 1 amide bonds. The van der Waals surface area contributed by atoms with Crippen molar-refractivity contribution < 1.29 is 18.0 Å². The number of benzene rings is 3. The van der Waals surface area contributed by atoms with Crippen molar-refractivity contribution in [2.75, 3.05) is 4.90 Å². The number of nitriles is 1. The van der Waals surface area contributed by atoms with Crippen LogP contribution < -0.4 is 4.90 Å². The van der Waals surface area contributed by atoms with Gasteiger partial charge in [0, 0.05) is 12.1 Å². The van der Waals surface area contributed by atoms with Crippen LogP contribution in [-0.2, 0) is 17.5 Å². The van der Waals surface area contributed by atoms with Crippen molar-refractivity contribution in [1.29, 1.82) is 5.26 Å². The number of carbonyl (C=O) groups is 1. The molecule has 39 heavy (non-hydrogen) atoms. The van der Waals surface area contributed by atoms with Gasteiger partial charge in [0.25, 0.3) is 5.91 Å². The number of rotatable bonds is 5. The summed E-state index contributed by atoms with van der Waals surface area (Å²) >= 11 is 5.58. The number of amides is 1. The fourth-order valence-corrected chi connectivity index (χ4v) is 4.88. The number of carbonyl (C=O) groups excluding carboxylic acids is 1. The fraction of sp³-hybridized carbons (Fsp3) is 0.179. The van der Waals surface area contributed by atoms with Crippen molar-refractivity contribution >= 4 is 28.9 Å². The lowest BCUT2D eigenvalue weighted by Gasteiger charge is -2.29. The van der Waals surface area contributed by atoms with Crippen molar-refractivity contribution in [1.82, 2.24) is 19.9 Å². The third-order valence-electron chi connectivity index (χ3n) is 6.62. The highest BCUT2D eigenvalue weighted by atomic mass is 32.1. The molecule has 0 N–H and O–H groups in total. The molecule has 0 spiro atoms. The standard InChI is InChI=1S/C28H21F3N6OS/c1-27(2)25(38)37(22-13-12-20(15-32)23(14-22)28(29,30)31)26(39)35(27)16-18-8-10-19(11-9-18)24-17-36(34-33-24)21-6-4-3-5-7-21/h3-14,17H,16H2,1-2H3. The lowest BCUT2D eigenvalue weighted by Crippen LogP contribution is -2.43. The molecule has 0 saturated carbocycles. The second-order valence-electron chi connectivity index (χ2n) is 9.49. The van der Waals surface area contributed by atoms with Gasteiger partial charge in [-0.1, -0.05) is 47.7 Å². The first kappa shape index (κ1) is 26.1. The van der Waals surface area contributed by atoms with Crippen LogP contribution in [-0.4, -0.2) is 36.5 Å². The van der Waals surface area contributed by atoms with Crippen molar-refractivity contribution in [3.8, 4) is 23.0 Å². The van der Waals surface area contributed by atoms with Crippen LogP contribution in [0.25, 0.3) is 16.9 Å².